The molecule has 0 aliphatic heterocycles. The van der Waals surface area contributed by atoms with Crippen molar-refractivity contribution >= 4 is 60.0 Å². The van der Waals surface area contributed by atoms with Crippen LogP contribution in [-0.2, 0) is 0 Å². The molecule has 0 aliphatic rings. The summed E-state index contributed by atoms with van der Waals surface area (Å²) in [5.74, 6) is 0. The lowest BCUT2D eigenvalue weighted by molar-refractivity contribution is 1.26. The Morgan fingerprint density at radius 1 is 0.654 bits per heavy atom. The van der Waals surface area contributed by atoms with Crippen LogP contribution in [0.3, 0.4) is 0 Å². The van der Waals surface area contributed by atoms with Crippen LogP contribution in [-0.4, -0.2) is 14.4 Å². The molecule has 4 aromatic heterocycles. The number of aromatic nitrogens is 3. The minimum absolute atomic E-state index is 1.02. The highest BCUT2D eigenvalue weighted by Crippen LogP contribution is 2.41. The first kappa shape index (κ1) is 12.7. The Morgan fingerprint density at radius 2 is 1.35 bits per heavy atom. The lowest BCUT2D eigenvalue weighted by atomic mass is 10.0. The van der Waals surface area contributed by atoms with E-state index < -0.39 is 0 Å². The number of hydrogen-bond donors (Lipinski definition) is 1. The van der Waals surface area contributed by atoms with Crippen LogP contribution in [0.25, 0.3) is 60.0 Å². The molecule has 0 aliphatic carbocycles. The first-order valence-electron chi connectivity index (χ1n) is 8.84. The van der Waals surface area contributed by atoms with Gasteiger partial charge in [-0.3, -0.25) is 4.40 Å². The number of nitrogens with zero attached hydrogens (tertiary/aromatic N) is 2. The number of rotatable bonds is 0. The number of aromatic amines is 1. The maximum atomic E-state index is 4.76. The van der Waals surface area contributed by atoms with Gasteiger partial charge in [-0.15, -0.1) is 0 Å². The minimum Gasteiger partial charge on any atom is -0.354 e. The fourth-order valence-corrected chi connectivity index (χ4v) is 4.73. The maximum Gasteiger partial charge on any atom is 0.145 e. The molecule has 0 radical (unpaired) electrons. The molecule has 0 fully saturated rings. The van der Waals surface area contributed by atoms with Gasteiger partial charge in [0.2, 0.25) is 0 Å². The summed E-state index contributed by atoms with van der Waals surface area (Å²) in [6.07, 6.45) is 1.88. The van der Waals surface area contributed by atoms with Crippen LogP contribution in [0.4, 0.5) is 0 Å². The first-order chi connectivity index (χ1) is 12.9. The summed E-state index contributed by atoms with van der Waals surface area (Å²) in [6, 6.07) is 23.8. The third-order valence-corrected chi connectivity index (χ3v) is 5.71. The van der Waals surface area contributed by atoms with Gasteiger partial charge in [-0.2, -0.15) is 0 Å². The van der Waals surface area contributed by atoms with E-state index in [0.29, 0.717) is 0 Å². The van der Waals surface area contributed by atoms with Gasteiger partial charge in [-0.05, 0) is 35.7 Å². The van der Waals surface area contributed by atoms with Gasteiger partial charge in [0.1, 0.15) is 5.65 Å². The van der Waals surface area contributed by atoms with Gasteiger partial charge in [-0.25, -0.2) is 4.98 Å². The second kappa shape index (κ2) is 4.14. The maximum absolute atomic E-state index is 4.76. The van der Waals surface area contributed by atoms with Crippen molar-refractivity contribution in [1.29, 1.82) is 0 Å². The molecule has 0 atom stereocenters. The molecular weight excluding hydrogens is 318 g/mol. The standard InChI is InChI=1S/C23H13N3/c1-6-14-13-5-2-9-17-20(13)21-18(25-17)10-3-11-19(21)26-22(14)15(7-1)16-8-4-12-24-23(16)26/h1-12,25H. The smallest absolute Gasteiger partial charge is 0.145 e. The molecular formula is C23H13N3. The summed E-state index contributed by atoms with van der Waals surface area (Å²) < 4.78 is 2.34. The predicted octanol–water partition coefficient (Wildman–Crippen LogP) is 5.87. The van der Waals surface area contributed by atoms with Crippen LogP contribution in [0, 0.1) is 0 Å². The van der Waals surface area contributed by atoms with Crippen molar-refractivity contribution in [3.63, 3.8) is 0 Å². The van der Waals surface area contributed by atoms with Gasteiger partial charge in [0, 0.05) is 44.2 Å². The Morgan fingerprint density at radius 3 is 2.27 bits per heavy atom. The van der Waals surface area contributed by atoms with Gasteiger partial charge in [-0.1, -0.05) is 36.4 Å². The molecule has 3 aromatic carbocycles. The molecule has 1 N–H and O–H groups in total. The van der Waals surface area contributed by atoms with E-state index in [2.05, 4.69) is 70.0 Å². The van der Waals surface area contributed by atoms with Crippen molar-refractivity contribution < 1.29 is 0 Å². The van der Waals surface area contributed by atoms with Crippen molar-refractivity contribution in [3.8, 4) is 0 Å². The van der Waals surface area contributed by atoms with E-state index >= 15 is 0 Å². The molecule has 0 saturated heterocycles. The quantitative estimate of drug-likeness (QED) is 0.370. The zero-order valence-corrected chi connectivity index (χ0v) is 13.8. The van der Waals surface area contributed by atoms with Gasteiger partial charge >= 0.3 is 0 Å². The Bertz CT molecular complexity index is 1630. The molecule has 7 aromatic rings. The Balaban J connectivity index is 2.07. The molecule has 0 amide bonds. The predicted molar refractivity (Wildman–Crippen MR) is 108 cm³/mol. The van der Waals surface area contributed by atoms with Crippen LogP contribution in [0.5, 0.6) is 0 Å². The SMILES string of the molecule is c1cc2[nH]c3cccc4c3c2c(c1)c1cccc2c3cccnc3n4c12. The van der Waals surface area contributed by atoms with Crippen molar-refractivity contribution in [2.45, 2.75) is 0 Å². The normalized spacial score (nSPS) is 12.6. The van der Waals surface area contributed by atoms with E-state index in [1.54, 1.807) is 0 Å². The first-order valence-corrected chi connectivity index (χ1v) is 8.84. The van der Waals surface area contributed by atoms with Crippen molar-refractivity contribution in [2.75, 3.05) is 0 Å². The van der Waals surface area contributed by atoms with E-state index in [1.807, 2.05) is 12.3 Å². The van der Waals surface area contributed by atoms with E-state index in [1.165, 1.54) is 54.4 Å². The van der Waals surface area contributed by atoms with Crippen molar-refractivity contribution in [1.82, 2.24) is 14.4 Å². The minimum atomic E-state index is 1.02. The van der Waals surface area contributed by atoms with Gasteiger partial charge in [0.25, 0.3) is 0 Å². The second-order valence-corrected chi connectivity index (χ2v) is 6.96. The van der Waals surface area contributed by atoms with Crippen molar-refractivity contribution in [2.24, 2.45) is 0 Å². The average molecular weight is 331 g/mol. The Labute approximate surface area is 147 Å². The molecule has 7 rings (SSSR count). The van der Waals surface area contributed by atoms with Gasteiger partial charge in [0.15, 0.2) is 0 Å². The molecule has 0 bridgehead atoms. The molecule has 0 saturated carbocycles. The number of hydrogen-bond acceptors (Lipinski definition) is 1. The van der Waals surface area contributed by atoms with E-state index in [-0.39, 0.29) is 0 Å². The second-order valence-electron chi connectivity index (χ2n) is 6.96. The van der Waals surface area contributed by atoms with E-state index in [0.717, 1.165) is 5.65 Å². The summed E-state index contributed by atoms with van der Waals surface area (Å²) in [5.41, 5.74) is 5.82. The molecule has 26 heavy (non-hydrogen) atoms. The van der Waals surface area contributed by atoms with Crippen LogP contribution >= 0.6 is 0 Å². The highest BCUT2D eigenvalue weighted by atomic mass is 15.0. The molecule has 4 heterocycles. The molecule has 0 spiro atoms. The molecule has 120 valence electrons. The number of benzene rings is 3. The van der Waals surface area contributed by atoms with Crippen molar-refractivity contribution in [3.05, 3.63) is 72.9 Å². The number of fused-ring (bicyclic) bond motifs is 5. The lowest BCUT2D eigenvalue weighted by Gasteiger charge is -2.00. The third-order valence-electron chi connectivity index (χ3n) is 5.71. The zero-order valence-electron chi connectivity index (χ0n) is 13.8. The number of para-hydroxylation sites is 1. The number of H-pyrrole nitrogens is 1. The average Bonchev–Trinajstić information content (AvgIpc) is 3.19. The molecule has 3 heteroatoms. The molecule has 0 unspecified atom stereocenters. The highest BCUT2D eigenvalue weighted by molar-refractivity contribution is 6.30. The summed E-state index contributed by atoms with van der Waals surface area (Å²) in [6.45, 7) is 0. The largest absolute Gasteiger partial charge is 0.354 e. The fourth-order valence-electron chi connectivity index (χ4n) is 4.73. The third kappa shape index (κ3) is 1.28. The highest BCUT2D eigenvalue weighted by Gasteiger charge is 2.18. The van der Waals surface area contributed by atoms with E-state index in [4.69, 9.17) is 4.98 Å². The summed E-state index contributed by atoms with van der Waals surface area (Å²) >= 11 is 0. The van der Waals surface area contributed by atoms with Gasteiger partial charge < -0.3 is 4.98 Å². The topological polar surface area (TPSA) is 33.1 Å². The zero-order chi connectivity index (χ0) is 16.8. The van der Waals surface area contributed by atoms with Crippen LogP contribution in [0.15, 0.2) is 72.9 Å². The van der Waals surface area contributed by atoms with E-state index in [9.17, 15) is 0 Å². The monoisotopic (exact) mass is 331 g/mol. The van der Waals surface area contributed by atoms with Crippen LogP contribution in [0.2, 0.25) is 0 Å². The number of nitrogens with one attached hydrogen (secondary N) is 1. The van der Waals surface area contributed by atoms with Crippen LogP contribution in [0.1, 0.15) is 0 Å². The summed E-state index contributed by atoms with van der Waals surface area (Å²) in [4.78, 5) is 8.35. The fraction of sp³-hybridized carbons (Fsp3) is 0. The van der Waals surface area contributed by atoms with Crippen LogP contribution < -0.4 is 0 Å². The Kier molecular flexibility index (Phi) is 2.03. The Hall–Kier alpha value is -3.59. The van der Waals surface area contributed by atoms with Gasteiger partial charge in [0.05, 0.1) is 11.0 Å². The number of pyridine rings is 1. The summed E-state index contributed by atoms with van der Waals surface area (Å²) in [5, 5.41) is 7.59. The summed E-state index contributed by atoms with van der Waals surface area (Å²) in [7, 11) is 0. The lowest BCUT2D eigenvalue weighted by Crippen LogP contribution is -1.86. The molecule has 3 nitrogen and oxygen atoms in total.